The van der Waals surface area contributed by atoms with Crippen LogP contribution in [-0.4, -0.2) is 82.2 Å². The van der Waals surface area contributed by atoms with Gasteiger partial charge in [-0.2, -0.15) is 0 Å². The first-order valence-corrected chi connectivity index (χ1v) is 11.6. The van der Waals surface area contributed by atoms with Crippen molar-refractivity contribution < 1.29 is 28.2 Å². The van der Waals surface area contributed by atoms with Crippen LogP contribution in [0.25, 0.3) is 0 Å². The molecule has 0 saturated carbocycles. The Kier molecular flexibility index (Phi) is 8.28. The molecule has 1 amide bonds. The lowest BCUT2D eigenvalue weighted by Crippen LogP contribution is -2.46. The van der Waals surface area contributed by atoms with Gasteiger partial charge in [0.1, 0.15) is 0 Å². The SMILES string of the molecule is COC(=O)CCNC(=O)[C@@H]1CP(=O)(CCCN2CCOCC2)OCC1(C)C. The Balaban J connectivity index is 1.85. The summed E-state index contributed by atoms with van der Waals surface area (Å²) in [4.78, 5) is 26.1. The first-order chi connectivity index (χ1) is 12.8. The molecule has 0 radical (unpaired) electrons. The fourth-order valence-electron chi connectivity index (χ4n) is 3.43. The van der Waals surface area contributed by atoms with E-state index in [0.29, 0.717) is 12.8 Å². The van der Waals surface area contributed by atoms with Gasteiger partial charge in [0, 0.05) is 37.4 Å². The second-order valence-corrected chi connectivity index (χ2v) is 10.7. The summed E-state index contributed by atoms with van der Waals surface area (Å²) in [6.45, 7) is 8.61. The van der Waals surface area contributed by atoms with E-state index in [-0.39, 0.29) is 31.0 Å². The molecule has 8 nitrogen and oxygen atoms in total. The molecule has 0 spiro atoms. The molecule has 2 rings (SSSR count). The Morgan fingerprint density at radius 1 is 1.30 bits per heavy atom. The molecule has 156 valence electrons. The number of carbonyl (C=O) groups excluding carboxylic acids is 2. The van der Waals surface area contributed by atoms with Crippen LogP contribution in [-0.2, 0) is 28.2 Å². The summed E-state index contributed by atoms with van der Waals surface area (Å²) in [6.07, 6.45) is 1.66. The molecular formula is C18H33N2O6P. The van der Waals surface area contributed by atoms with Crippen LogP contribution in [0.4, 0.5) is 0 Å². The first-order valence-electron chi connectivity index (χ1n) is 9.63. The summed E-state index contributed by atoms with van der Waals surface area (Å²) in [5, 5.41) is 2.78. The van der Waals surface area contributed by atoms with Crippen molar-refractivity contribution in [1.29, 1.82) is 0 Å². The molecule has 1 N–H and O–H groups in total. The van der Waals surface area contributed by atoms with Gasteiger partial charge in [0.15, 0.2) is 0 Å². The number of carbonyl (C=O) groups is 2. The number of esters is 1. The Bertz CT molecular complexity index is 562. The molecule has 9 heteroatoms. The van der Waals surface area contributed by atoms with Crippen molar-refractivity contribution in [3.05, 3.63) is 0 Å². The van der Waals surface area contributed by atoms with Crippen molar-refractivity contribution in [2.45, 2.75) is 26.7 Å². The number of amides is 1. The highest BCUT2D eigenvalue weighted by Gasteiger charge is 2.46. The predicted octanol–water partition coefficient (Wildman–Crippen LogP) is 1.34. The number of hydrogen-bond acceptors (Lipinski definition) is 7. The largest absolute Gasteiger partial charge is 0.469 e. The number of morpholine rings is 1. The minimum atomic E-state index is -2.84. The maximum atomic E-state index is 13.2. The molecule has 0 aromatic heterocycles. The van der Waals surface area contributed by atoms with Crippen molar-refractivity contribution in [2.75, 3.05) is 65.4 Å². The summed E-state index contributed by atoms with van der Waals surface area (Å²) in [7, 11) is -1.52. The minimum absolute atomic E-state index is 0.128. The molecule has 2 aliphatic heterocycles. The van der Waals surface area contributed by atoms with E-state index in [1.807, 2.05) is 13.8 Å². The molecule has 2 fully saturated rings. The van der Waals surface area contributed by atoms with Gasteiger partial charge < -0.3 is 19.3 Å². The minimum Gasteiger partial charge on any atom is -0.469 e. The molecule has 2 aliphatic rings. The van der Waals surface area contributed by atoms with Gasteiger partial charge >= 0.3 is 5.97 Å². The van der Waals surface area contributed by atoms with Crippen molar-refractivity contribution >= 4 is 19.2 Å². The fourth-order valence-corrected chi connectivity index (χ4v) is 6.25. The zero-order valence-corrected chi connectivity index (χ0v) is 17.6. The number of nitrogens with zero attached hydrogens (tertiary/aromatic N) is 1. The molecule has 2 heterocycles. The molecule has 0 aromatic rings. The zero-order valence-electron chi connectivity index (χ0n) is 16.7. The van der Waals surface area contributed by atoms with Gasteiger partial charge in [-0.3, -0.25) is 19.1 Å². The molecule has 2 atom stereocenters. The van der Waals surface area contributed by atoms with Gasteiger partial charge in [0.25, 0.3) is 0 Å². The van der Waals surface area contributed by atoms with Gasteiger partial charge in [0.05, 0.1) is 39.3 Å². The second kappa shape index (κ2) is 10.0. The molecule has 0 aliphatic carbocycles. The van der Waals surface area contributed by atoms with Gasteiger partial charge in [-0.15, -0.1) is 0 Å². The monoisotopic (exact) mass is 404 g/mol. The summed E-state index contributed by atoms with van der Waals surface area (Å²) < 4.78 is 28.9. The van der Waals surface area contributed by atoms with Crippen LogP contribution in [0.1, 0.15) is 26.7 Å². The van der Waals surface area contributed by atoms with E-state index in [1.54, 1.807) is 0 Å². The van der Waals surface area contributed by atoms with Crippen LogP contribution in [0.5, 0.6) is 0 Å². The molecule has 0 aromatic carbocycles. The Morgan fingerprint density at radius 2 is 2.00 bits per heavy atom. The maximum absolute atomic E-state index is 13.2. The average Bonchev–Trinajstić information content (AvgIpc) is 2.64. The van der Waals surface area contributed by atoms with Crippen LogP contribution in [0, 0.1) is 11.3 Å². The first kappa shape index (κ1) is 22.3. The molecule has 0 bridgehead atoms. The van der Waals surface area contributed by atoms with Crippen molar-refractivity contribution in [2.24, 2.45) is 11.3 Å². The third-order valence-electron chi connectivity index (χ3n) is 5.33. The average molecular weight is 404 g/mol. The number of ether oxygens (including phenoxy) is 2. The van der Waals surface area contributed by atoms with Crippen LogP contribution >= 0.6 is 7.37 Å². The molecule has 1 unspecified atom stereocenters. The summed E-state index contributed by atoms with van der Waals surface area (Å²) in [5.74, 6) is -0.922. The van der Waals surface area contributed by atoms with Gasteiger partial charge in [-0.1, -0.05) is 13.8 Å². The Morgan fingerprint density at radius 3 is 2.67 bits per heavy atom. The van der Waals surface area contributed by atoms with Gasteiger partial charge in [-0.25, -0.2) is 0 Å². The third-order valence-corrected chi connectivity index (χ3v) is 7.84. The fraction of sp³-hybridized carbons (Fsp3) is 0.889. The molecular weight excluding hydrogens is 371 g/mol. The summed E-state index contributed by atoms with van der Waals surface area (Å²) in [5.41, 5.74) is -0.395. The van der Waals surface area contributed by atoms with Gasteiger partial charge in [0.2, 0.25) is 13.3 Å². The quantitative estimate of drug-likeness (QED) is 0.482. The maximum Gasteiger partial charge on any atom is 0.307 e. The van der Waals surface area contributed by atoms with E-state index < -0.39 is 18.7 Å². The number of nitrogens with one attached hydrogen (secondary N) is 1. The van der Waals surface area contributed by atoms with Crippen molar-refractivity contribution in [3.8, 4) is 0 Å². The third kappa shape index (κ3) is 6.86. The van der Waals surface area contributed by atoms with E-state index in [9.17, 15) is 14.2 Å². The van der Waals surface area contributed by atoms with Gasteiger partial charge in [-0.05, 0) is 13.0 Å². The topological polar surface area (TPSA) is 94.2 Å². The van der Waals surface area contributed by atoms with Crippen LogP contribution < -0.4 is 5.32 Å². The number of methoxy groups -OCH3 is 1. The summed E-state index contributed by atoms with van der Waals surface area (Å²) >= 11 is 0. The normalized spacial score (nSPS) is 28.5. The highest BCUT2D eigenvalue weighted by atomic mass is 31.2. The lowest BCUT2D eigenvalue weighted by atomic mass is 9.80. The van der Waals surface area contributed by atoms with E-state index in [1.165, 1.54) is 7.11 Å². The zero-order chi connectivity index (χ0) is 19.9. The highest BCUT2D eigenvalue weighted by molar-refractivity contribution is 7.59. The van der Waals surface area contributed by atoms with Crippen LogP contribution in [0.15, 0.2) is 0 Å². The van der Waals surface area contributed by atoms with E-state index in [4.69, 9.17) is 9.26 Å². The Hall–Kier alpha value is -0.950. The predicted molar refractivity (Wildman–Crippen MR) is 102 cm³/mol. The smallest absolute Gasteiger partial charge is 0.307 e. The lowest BCUT2D eigenvalue weighted by molar-refractivity contribution is -0.140. The van der Waals surface area contributed by atoms with Crippen molar-refractivity contribution in [1.82, 2.24) is 10.2 Å². The van der Waals surface area contributed by atoms with Crippen LogP contribution in [0.3, 0.4) is 0 Å². The molecule has 27 heavy (non-hydrogen) atoms. The van der Waals surface area contributed by atoms with Crippen molar-refractivity contribution in [3.63, 3.8) is 0 Å². The molecule has 2 saturated heterocycles. The second-order valence-electron chi connectivity index (χ2n) is 7.96. The van der Waals surface area contributed by atoms with E-state index in [2.05, 4.69) is 15.0 Å². The number of hydrogen-bond donors (Lipinski definition) is 1. The summed E-state index contributed by atoms with van der Waals surface area (Å²) in [6, 6.07) is 0. The van der Waals surface area contributed by atoms with Crippen LogP contribution in [0.2, 0.25) is 0 Å². The number of rotatable bonds is 8. The highest BCUT2D eigenvalue weighted by Crippen LogP contribution is 2.56. The van der Waals surface area contributed by atoms with E-state index >= 15 is 0 Å². The lowest BCUT2D eigenvalue weighted by Gasteiger charge is -2.41. The van der Waals surface area contributed by atoms with E-state index in [0.717, 1.165) is 39.3 Å². The standard InChI is InChI=1S/C18H33N2O6P/c1-18(2)14-26-27(23,12-4-7-20-8-10-25-11-9-20)13-15(18)17(22)19-6-5-16(21)24-3/h15H,4-14H2,1-3H3,(H,19,22)/t15-,27?/m0/s1. The Labute approximate surface area is 161 Å².